The van der Waals surface area contributed by atoms with Crippen LogP contribution in [-0.4, -0.2) is 25.2 Å². The normalized spacial score (nSPS) is 11.1. The summed E-state index contributed by atoms with van der Waals surface area (Å²) in [4.78, 5) is 10.5. The zero-order valence-electron chi connectivity index (χ0n) is 8.40. The number of anilines is 1. The van der Waals surface area contributed by atoms with Crippen molar-refractivity contribution in [1.29, 1.82) is 0 Å². The van der Waals surface area contributed by atoms with Crippen LogP contribution in [0.15, 0.2) is 18.2 Å². The topological polar surface area (TPSA) is 83.5 Å². The van der Waals surface area contributed by atoms with E-state index in [4.69, 9.17) is 5.11 Å². The molecule has 1 aromatic rings. The van der Waals surface area contributed by atoms with Gasteiger partial charge >= 0.3 is 5.97 Å². The summed E-state index contributed by atoms with van der Waals surface area (Å²) in [6.07, 6.45) is 0. The van der Waals surface area contributed by atoms with E-state index in [1.807, 2.05) is 4.72 Å². The van der Waals surface area contributed by atoms with Crippen LogP contribution in [0.5, 0.6) is 0 Å². The summed E-state index contributed by atoms with van der Waals surface area (Å²) >= 11 is 0. The summed E-state index contributed by atoms with van der Waals surface area (Å²) in [6.45, 7) is 1.41. The van der Waals surface area contributed by atoms with E-state index in [0.717, 1.165) is 18.2 Å². The first-order chi connectivity index (χ1) is 7.35. The number of aromatic carboxylic acids is 1. The Hall–Kier alpha value is -1.63. The summed E-state index contributed by atoms with van der Waals surface area (Å²) in [5.74, 6) is -2.38. The van der Waals surface area contributed by atoms with Crippen molar-refractivity contribution in [3.05, 3.63) is 29.6 Å². The maximum atomic E-state index is 13.3. The van der Waals surface area contributed by atoms with E-state index in [1.54, 1.807) is 0 Å². The minimum Gasteiger partial charge on any atom is -0.478 e. The first-order valence-electron chi connectivity index (χ1n) is 4.39. The molecule has 2 N–H and O–H groups in total. The van der Waals surface area contributed by atoms with Crippen molar-refractivity contribution >= 4 is 21.7 Å². The molecule has 0 atom stereocenters. The average molecular weight is 247 g/mol. The van der Waals surface area contributed by atoms with E-state index in [1.165, 1.54) is 6.92 Å². The molecule has 0 aliphatic rings. The van der Waals surface area contributed by atoms with Crippen LogP contribution in [0, 0.1) is 5.82 Å². The molecule has 5 nitrogen and oxygen atoms in total. The molecule has 0 aliphatic carbocycles. The molecule has 0 heterocycles. The fraction of sp³-hybridized carbons (Fsp3) is 0.222. The van der Waals surface area contributed by atoms with E-state index < -0.39 is 21.8 Å². The highest BCUT2D eigenvalue weighted by molar-refractivity contribution is 7.92. The molecule has 0 fully saturated rings. The van der Waals surface area contributed by atoms with Crippen molar-refractivity contribution in [3.8, 4) is 0 Å². The first-order valence-corrected chi connectivity index (χ1v) is 6.04. The zero-order chi connectivity index (χ0) is 12.3. The number of halogens is 1. The molecule has 0 aromatic heterocycles. The molecule has 7 heteroatoms. The predicted molar refractivity (Wildman–Crippen MR) is 56.4 cm³/mol. The lowest BCUT2D eigenvalue weighted by Crippen LogP contribution is -2.15. The fourth-order valence-electron chi connectivity index (χ4n) is 0.971. The zero-order valence-corrected chi connectivity index (χ0v) is 9.21. The van der Waals surface area contributed by atoms with E-state index >= 15 is 0 Å². The number of hydrogen-bond donors (Lipinski definition) is 2. The molecule has 0 saturated carbocycles. The SMILES string of the molecule is CCS(=O)(=O)Nc1ccc(C(=O)O)cc1F. The number of hydrogen-bond acceptors (Lipinski definition) is 3. The molecular weight excluding hydrogens is 237 g/mol. The standard InChI is InChI=1S/C9H10FNO4S/c1-2-16(14,15)11-8-4-3-6(9(12)13)5-7(8)10/h3-5,11H,2H2,1H3,(H,12,13). The second-order valence-electron chi connectivity index (χ2n) is 3.01. The van der Waals surface area contributed by atoms with Crippen molar-refractivity contribution < 1.29 is 22.7 Å². The van der Waals surface area contributed by atoms with Crippen LogP contribution in [0.4, 0.5) is 10.1 Å². The van der Waals surface area contributed by atoms with Gasteiger partial charge in [0, 0.05) is 0 Å². The van der Waals surface area contributed by atoms with Crippen LogP contribution in [0.25, 0.3) is 0 Å². The summed E-state index contributed by atoms with van der Waals surface area (Å²) < 4.78 is 37.6. The number of rotatable bonds is 4. The summed E-state index contributed by atoms with van der Waals surface area (Å²) in [7, 11) is -3.57. The highest BCUT2D eigenvalue weighted by Crippen LogP contribution is 2.17. The Morgan fingerprint density at radius 1 is 1.50 bits per heavy atom. The Labute approximate surface area is 92.0 Å². The molecule has 0 aliphatic heterocycles. The van der Waals surface area contributed by atoms with Crippen LogP contribution in [-0.2, 0) is 10.0 Å². The molecule has 16 heavy (non-hydrogen) atoms. The van der Waals surface area contributed by atoms with E-state index in [0.29, 0.717) is 0 Å². The van der Waals surface area contributed by atoms with Crippen molar-refractivity contribution in [2.24, 2.45) is 0 Å². The van der Waals surface area contributed by atoms with Gasteiger partial charge in [-0.15, -0.1) is 0 Å². The molecule has 88 valence electrons. The van der Waals surface area contributed by atoms with E-state index in [9.17, 15) is 17.6 Å². The monoisotopic (exact) mass is 247 g/mol. The number of carboxylic acids is 1. The van der Waals surface area contributed by atoms with Crippen molar-refractivity contribution in [2.75, 3.05) is 10.5 Å². The third-order valence-corrected chi connectivity index (χ3v) is 3.15. The molecule has 0 amide bonds. The fourth-order valence-corrected chi connectivity index (χ4v) is 1.62. The smallest absolute Gasteiger partial charge is 0.335 e. The van der Waals surface area contributed by atoms with Crippen LogP contribution >= 0.6 is 0 Å². The molecule has 0 radical (unpaired) electrons. The van der Waals surface area contributed by atoms with Crippen molar-refractivity contribution in [1.82, 2.24) is 0 Å². The van der Waals surface area contributed by atoms with Crippen LogP contribution in [0.1, 0.15) is 17.3 Å². The van der Waals surface area contributed by atoms with Crippen LogP contribution in [0.3, 0.4) is 0 Å². The molecular formula is C9H10FNO4S. The van der Waals surface area contributed by atoms with Gasteiger partial charge in [-0.05, 0) is 25.1 Å². The predicted octanol–water partition coefficient (Wildman–Crippen LogP) is 1.29. The van der Waals surface area contributed by atoms with Crippen LogP contribution < -0.4 is 4.72 Å². The highest BCUT2D eigenvalue weighted by Gasteiger charge is 2.12. The Morgan fingerprint density at radius 2 is 2.12 bits per heavy atom. The van der Waals surface area contributed by atoms with Gasteiger partial charge in [0.05, 0.1) is 17.0 Å². The van der Waals surface area contributed by atoms with Gasteiger partial charge in [-0.25, -0.2) is 17.6 Å². The lowest BCUT2D eigenvalue weighted by molar-refractivity contribution is 0.0696. The maximum Gasteiger partial charge on any atom is 0.335 e. The van der Waals surface area contributed by atoms with Gasteiger partial charge in [0.25, 0.3) is 0 Å². The average Bonchev–Trinajstić information content (AvgIpc) is 2.20. The molecule has 0 bridgehead atoms. The van der Waals surface area contributed by atoms with Gasteiger partial charge in [0.2, 0.25) is 10.0 Å². The van der Waals surface area contributed by atoms with Gasteiger partial charge in [-0.1, -0.05) is 0 Å². The second-order valence-corrected chi connectivity index (χ2v) is 5.02. The molecule has 1 aromatic carbocycles. The third kappa shape index (κ3) is 2.93. The highest BCUT2D eigenvalue weighted by atomic mass is 32.2. The summed E-state index contributed by atoms with van der Waals surface area (Å²) in [5.41, 5.74) is -0.496. The summed E-state index contributed by atoms with van der Waals surface area (Å²) in [6, 6.07) is 2.96. The number of sulfonamides is 1. The Bertz CT molecular complexity index is 512. The van der Waals surface area contributed by atoms with Gasteiger partial charge in [-0.3, -0.25) is 4.72 Å². The Morgan fingerprint density at radius 3 is 2.56 bits per heavy atom. The number of carboxylic acid groups (broad SMARTS) is 1. The largest absolute Gasteiger partial charge is 0.478 e. The van der Waals surface area contributed by atoms with E-state index in [2.05, 4.69) is 0 Å². The first kappa shape index (κ1) is 12.4. The van der Waals surface area contributed by atoms with Crippen LogP contribution in [0.2, 0.25) is 0 Å². The van der Waals surface area contributed by atoms with Gasteiger partial charge in [0.1, 0.15) is 5.82 Å². The third-order valence-electron chi connectivity index (χ3n) is 1.86. The minimum absolute atomic E-state index is 0.187. The number of nitrogens with one attached hydrogen (secondary N) is 1. The molecule has 0 saturated heterocycles. The summed E-state index contributed by atoms with van der Waals surface area (Å²) in [5, 5.41) is 8.57. The second kappa shape index (κ2) is 4.48. The molecule has 1 rings (SSSR count). The Balaban J connectivity index is 3.05. The number of carbonyl (C=O) groups is 1. The van der Waals surface area contributed by atoms with Gasteiger partial charge < -0.3 is 5.11 Å². The van der Waals surface area contributed by atoms with Gasteiger partial charge in [-0.2, -0.15) is 0 Å². The van der Waals surface area contributed by atoms with Gasteiger partial charge in [0.15, 0.2) is 0 Å². The maximum absolute atomic E-state index is 13.3. The number of benzene rings is 1. The molecule has 0 spiro atoms. The molecule has 0 unspecified atom stereocenters. The quantitative estimate of drug-likeness (QED) is 0.839. The Kier molecular flexibility index (Phi) is 3.48. The lowest BCUT2D eigenvalue weighted by Gasteiger charge is -2.07. The van der Waals surface area contributed by atoms with E-state index in [-0.39, 0.29) is 17.0 Å². The minimum atomic E-state index is -3.57. The van der Waals surface area contributed by atoms with Crippen molar-refractivity contribution in [2.45, 2.75) is 6.92 Å². The van der Waals surface area contributed by atoms with Crippen molar-refractivity contribution in [3.63, 3.8) is 0 Å². The lowest BCUT2D eigenvalue weighted by atomic mass is 10.2.